The molecule has 1 amide bonds. The van der Waals surface area contributed by atoms with E-state index in [4.69, 9.17) is 9.15 Å². The van der Waals surface area contributed by atoms with Gasteiger partial charge in [-0.25, -0.2) is 4.39 Å². The standard InChI is InChI=1S/C18H16FNO3S/c19-16-7-1-2-8-17(16)23-13-18(21)20(11-14-5-3-9-22-14)12-15-6-4-10-24-15/h1-10H,11-13H2. The highest BCUT2D eigenvalue weighted by Crippen LogP contribution is 2.17. The molecule has 0 radical (unpaired) electrons. The number of hydrogen-bond acceptors (Lipinski definition) is 4. The molecule has 3 aromatic rings. The Kier molecular flexibility index (Phi) is 5.28. The van der Waals surface area contributed by atoms with Crippen LogP contribution in [0.15, 0.2) is 64.6 Å². The fraction of sp³-hybridized carbons (Fsp3) is 0.167. The number of rotatable bonds is 7. The Labute approximate surface area is 143 Å². The van der Waals surface area contributed by atoms with Crippen LogP contribution in [0.4, 0.5) is 4.39 Å². The van der Waals surface area contributed by atoms with Gasteiger partial charge in [0.05, 0.1) is 19.4 Å². The molecule has 1 aromatic carbocycles. The molecule has 0 aliphatic heterocycles. The first-order valence-corrected chi connectivity index (χ1v) is 8.30. The SMILES string of the molecule is O=C(COc1ccccc1F)N(Cc1ccco1)Cc1cccs1. The van der Waals surface area contributed by atoms with Gasteiger partial charge in [-0.15, -0.1) is 11.3 Å². The summed E-state index contributed by atoms with van der Waals surface area (Å²) < 4.78 is 24.2. The highest BCUT2D eigenvalue weighted by atomic mass is 32.1. The summed E-state index contributed by atoms with van der Waals surface area (Å²) >= 11 is 1.57. The van der Waals surface area contributed by atoms with Crippen LogP contribution in [0, 0.1) is 5.82 Å². The van der Waals surface area contributed by atoms with E-state index in [-0.39, 0.29) is 18.3 Å². The molecule has 0 fully saturated rings. The minimum Gasteiger partial charge on any atom is -0.481 e. The largest absolute Gasteiger partial charge is 0.481 e. The lowest BCUT2D eigenvalue weighted by Gasteiger charge is -2.21. The van der Waals surface area contributed by atoms with Crippen LogP contribution < -0.4 is 4.74 Å². The Morgan fingerprint density at radius 3 is 2.71 bits per heavy atom. The molecule has 0 atom stereocenters. The molecule has 0 saturated heterocycles. The lowest BCUT2D eigenvalue weighted by atomic mass is 10.3. The number of furan rings is 1. The third-order valence-electron chi connectivity index (χ3n) is 3.39. The molecule has 0 saturated carbocycles. The van der Waals surface area contributed by atoms with E-state index in [9.17, 15) is 9.18 Å². The third kappa shape index (κ3) is 4.23. The van der Waals surface area contributed by atoms with Gasteiger partial charge in [-0.2, -0.15) is 0 Å². The van der Waals surface area contributed by atoms with Gasteiger partial charge in [-0.1, -0.05) is 18.2 Å². The second kappa shape index (κ2) is 7.79. The molecule has 124 valence electrons. The van der Waals surface area contributed by atoms with Crippen LogP contribution in [0.3, 0.4) is 0 Å². The van der Waals surface area contributed by atoms with Crippen LogP contribution in [0.2, 0.25) is 0 Å². The van der Waals surface area contributed by atoms with Gasteiger partial charge < -0.3 is 14.1 Å². The number of carbonyl (C=O) groups excluding carboxylic acids is 1. The smallest absolute Gasteiger partial charge is 0.261 e. The fourth-order valence-electron chi connectivity index (χ4n) is 2.21. The van der Waals surface area contributed by atoms with E-state index >= 15 is 0 Å². The summed E-state index contributed by atoms with van der Waals surface area (Å²) in [5.41, 5.74) is 0. The van der Waals surface area contributed by atoms with E-state index in [1.165, 1.54) is 12.1 Å². The maximum Gasteiger partial charge on any atom is 0.261 e. The Hall–Kier alpha value is -2.60. The van der Waals surface area contributed by atoms with Gasteiger partial charge in [0.1, 0.15) is 5.76 Å². The van der Waals surface area contributed by atoms with E-state index in [0.29, 0.717) is 18.8 Å². The molecule has 0 bridgehead atoms. The van der Waals surface area contributed by atoms with Crippen molar-refractivity contribution >= 4 is 17.2 Å². The quantitative estimate of drug-likeness (QED) is 0.648. The van der Waals surface area contributed by atoms with Crippen LogP contribution in [-0.2, 0) is 17.9 Å². The second-order valence-electron chi connectivity index (χ2n) is 5.13. The lowest BCUT2D eigenvalue weighted by molar-refractivity contribution is -0.134. The highest BCUT2D eigenvalue weighted by Gasteiger charge is 2.17. The molecule has 0 aliphatic rings. The molecule has 2 aromatic heterocycles. The normalized spacial score (nSPS) is 10.5. The predicted octanol–water partition coefficient (Wildman–Crippen LogP) is 4.09. The van der Waals surface area contributed by atoms with Crippen LogP contribution >= 0.6 is 11.3 Å². The number of benzene rings is 1. The van der Waals surface area contributed by atoms with E-state index < -0.39 is 5.82 Å². The van der Waals surface area contributed by atoms with Gasteiger partial charge in [-0.05, 0) is 35.7 Å². The van der Waals surface area contributed by atoms with Gasteiger partial charge >= 0.3 is 0 Å². The zero-order valence-corrected chi connectivity index (χ0v) is 13.7. The van der Waals surface area contributed by atoms with Crippen molar-refractivity contribution in [3.63, 3.8) is 0 Å². The average Bonchev–Trinajstić information content (AvgIpc) is 3.27. The molecule has 0 aliphatic carbocycles. The van der Waals surface area contributed by atoms with E-state index in [1.54, 1.807) is 40.7 Å². The van der Waals surface area contributed by atoms with Gasteiger partial charge in [0.2, 0.25) is 0 Å². The number of ether oxygens (including phenoxy) is 1. The van der Waals surface area contributed by atoms with Crippen molar-refractivity contribution in [1.82, 2.24) is 4.90 Å². The van der Waals surface area contributed by atoms with Crippen LogP contribution in [0.1, 0.15) is 10.6 Å². The molecule has 0 spiro atoms. The van der Waals surface area contributed by atoms with Crippen LogP contribution in [-0.4, -0.2) is 17.4 Å². The Bertz CT molecular complexity index is 735. The minimum absolute atomic E-state index is 0.0694. The topological polar surface area (TPSA) is 42.7 Å². The molecular weight excluding hydrogens is 329 g/mol. The van der Waals surface area contributed by atoms with Crippen molar-refractivity contribution in [2.75, 3.05) is 6.61 Å². The Morgan fingerprint density at radius 2 is 2.00 bits per heavy atom. The van der Waals surface area contributed by atoms with Crippen molar-refractivity contribution in [2.24, 2.45) is 0 Å². The zero-order chi connectivity index (χ0) is 16.8. The molecular formula is C18H16FNO3S. The number of hydrogen-bond donors (Lipinski definition) is 0. The van der Waals surface area contributed by atoms with E-state index in [0.717, 1.165) is 4.88 Å². The van der Waals surface area contributed by atoms with E-state index in [1.807, 2.05) is 23.6 Å². The van der Waals surface area contributed by atoms with Crippen molar-refractivity contribution in [3.05, 3.63) is 76.6 Å². The van der Waals surface area contributed by atoms with E-state index in [2.05, 4.69) is 0 Å². The maximum atomic E-state index is 13.6. The molecule has 4 nitrogen and oxygen atoms in total. The number of nitrogens with zero attached hydrogens (tertiary/aromatic N) is 1. The van der Waals surface area contributed by atoms with Gasteiger partial charge in [0.25, 0.3) is 5.91 Å². The second-order valence-corrected chi connectivity index (χ2v) is 6.16. The summed E-state index contributed by atoms with van der Waals surface area (Å²) in [5, 5.41) is 1.96. The third-order valence-corrected chi connectivity index (χ3v) is 4.26. The molecule has 2 heterocycles. The highest BCUT2D eigenvalue weighted by molar-refractivity contribution is 7.09. The number of thiophene rings is 1. The summed E-state index contributed by atoms with van der Waals surface area (Å²) in [6, 6.07) is 13.5. The van der Waals surface area contributed by atoms with Gasteiger partial charge in [-0.3, -0.25) is 4.79 Å². The number of halogens is 1. The molecule has 0 N–H and O–H groups in total. The first-order chi connectivity index (χ1) is 11.7. The first-order valence-electron chi connectivity index (χ1n) is 7.42. The van der Waals surface area contributed by atoms with Crippen LogP contribution in [0.5, 0.6) is 5.75 Å². The lowest BCUT2D eigenvalue weighted by Crippen LogP contribution is -2.33. The fourth-order valence-corrected chi connectivity index (χ4v) is 2.93. The Balaban J connectivity index is 1.67. The number of carbonyl (C=O) groups is 1. The summed E-state index contributed by atoms with van der Waals surface area (Å²) in [7, 11) is 0. The maximum absolute atomic E-state index is 13.6. The van der Waals surface area contributed by atoms with Crippen molar-refractivity contribution in [3.8, 4) is 5.75 Å². The van der Waals surface area contributed by atoms with Crippen molar-refractivity contribution in [2.45, 2.75) is 13.1 Å². The van der Waals surface area contributed by atoms with Gasteiger partial charge in [0.15, 0.2) is 18.2 Å². The summed E-state index contributed by atoms with van der Waals surface area (Å²) in [4.78, 5) is 15.2. The molecule has 24 heavy (non-hydrogen) atoms. The molecule has 6 heteroatoms. The Morgan fingerprint density at radius 1 is 1.12 bits per heavy atom. The first kappa shape index (κ1) is 16.3. The summed E-state index contributed by atoms with van der Waals surface area (Å²) in [5.74, 6) is 0.0370. The van der Waals surface area contributed by atoms with Crippen LogP contribution in [0.25, 0.3) is 0 Å². The monoisotopic (exact) mass is 345 g/mol. The molecule has 0 unspecified atom stereocenters. The summed E-state index contributed by atoms with van der Waals surface area (Å²) in [6.07, 6.45) is 1.57. The number of para-hydroxylation sites is 1. The average molecular weight is 345 g/mol. The zero-order valence-electron chi connectivity index (χ0n) is 12.9. The van der Waals surface area contributed by atoms with Gasteiger partial charge in [0, 0.05) is 4.88 Å². The number of amides is 1. The summed E-state index contributed by atoms with van der Waals surface area (Å²) in [6.45, 7) is 0.565. The van der Waals surface area contributed by atoms with Crippen molar-refractivity contribution < 1.29 is 18.3 Å². The minimum atomic E-state index is -0.485. The molecule has 3 rings (SSSR count). The predicted molar refractivity (Wildman–Crippen MR) is 89.2 cm³/mol. The van der Waals surface area contributed by atoms with Crippen molar-refractivity contribution in [1.29, 1.82) is 0 Å².